The van der Waals surface area contributed by atoms with Crippen LogP contribution in [0.1, 0.15) is 12.0 Å². The van der Waals surface area contributed by atoms with Gasteiger partial charge in [0.25, 0.3) is 0 Å². The van der Waals surface area contributed by atoms with E-state index >= 15 is 0 Å². The molecular weight excluding hydrogens is 339 g/mol. The predicted molar refractivity (Wildman–Crippen MR) is 93.5 cm³/mol. The van der Waals surface area contributed by atoms with Gasteiger partial charge in [0.15, 0.2) is 0 Å². The van der Waals surface area contributed by atoms with Crippen LogP contribution in [-0.4, -0.2) is 58.0 Å². The Bertz CT molecular complexity index is 466. The number of rotatable bonds is 10. The van der Waals surface area contributed by atoms with Crippen molar-refractivity contribution in [3.63, 3.8) is 0 Å². The molecule has 0 heterocycles. The zero-order chi connectivity index (χ0) is 17.1. The summed E-state index contributed by atoms with van der Waals surface area (Å²) in [6, 6.07) is 5.28. The number of methoxy groups -OCH3 is 2. The zero-order valence-electron chi connectivity index (χ0n) is 13.6. The van der Waals surface area contributed by atoms with Gasteiger partial charge in [-0.05, 0) is 36.6 Å². The van der Waals surface area contributed by atoms with E-state index in [4.69, 9.17) is 32.7 Å². The smallest absolute Gasteiger partial charge is 0.317 e. The highest BCUT2D eigenvalue weighted by Crippen LogP contribution is 2.19. The topological polar surface area (TPSA) is 50.8 Å². The Balaban J connectivity index is 2.43. The van der Waals surface area contributed by atoms with Gasteiger partial charge in [0.05, 0.1) is 6.61 Å². The van der Waals surface area contributed by atoms with Crippen molar-refractivity contribution in [2.24, 2.45) is 0 Å². The molecule has 130 valence electrons. The van der Waals surface area contributed by atoms with E-state index in [1.807, 2.05) is 12.1 Å². The minimum atomic E-state index is -0.105. The number of hydrogen-bond donors (Lipinski definition) is 1. The first-order valence-electron chi connectivity index (χ1n) is 7.52. The Morgan fingerprint density at radius 1 is 1.09 bits per heavy atom. The number of amides is 2. The Kier molecular flexibility index (Phi) is 10.0. The molecule has 0 aromatic heterocycles. The average molecular weight is 363 g/mol. The molecule has 1 N–H and O–H groups in total. The van der Waals surface area contributed by atoms with Gasteiger partial charge in [0.1, 0.15) is 0 Å². The van der Waals surface area contributed by atoms with Crippen LogP contribution in [0.15, 0.2) is 18.2 Å². The third-order valence-electron chi connectivity index (χ3n) is 3.24. The molecule has 2 amide bonds. The van der Waals surface area contributed by atoms with Crippen LogP contribution in [0.3, 0.4) is 0 Å². The summed E-state index contributed by atoms with van der Waals surface area (Å²) in [5, 5.41) is 4.11. The van der Waals surface area contributed by atoms with Crippen LogP contribution in [0.25, 0.3) is 0 Å². The van der Waals surface area contributed by atoms with E-state index in [2.05, 4.69) is 5.32 Å². The number of ether oxygens (including phenoxy) is 2. The van der Waals surface area contributed by atoms with E-state index < -0.39 is 0 Å². The van der Waals surface area contributed by atoms with Crippen LogP contribution < -0.4 is 5.32 Å². The average Bonchev–Trinajstić information content (AvgIpc) is 2.49. The van der Waals surface area contributed by atoms with Gasteiger partial charge in [0, 0.05) is 50.5 Å². The lowest BCUT2D eigenvalue weighted by molar-refractivity contribution is 0.137. The maximum Gasteiger partial charge on any atom is 0.317 e. The van der Waals surface area contributed by atoms with E-state index in [1.54, 1.807) is 25.2 Å². The van der Waals surface area contributed by atoms with Gasteiger partial charge in [-0.2, -0.15) is 0 Å². The Labute approximate surface area is 147 Å². The molecule has 0 atom stereocenters. The molecule has 1 aromatic rings. The summed E-state index contributed by atoms with van der Waals surface area (Å²) in [4.78, 5) is 14.0. The monoisotopic (exact) mass is 362 g/mol. The number of urea groups is 1. The first kappa shape index (κ1) is 20.0. The van der Waals surface area contributed by atoms with Gasteiger partial charge < -0.3 is 19.7 Å². The van der Waals surface area contributed by atoms with Gasteiger partial charge in [-0.15, -0.1) is 0 Å². The lowest BCUT2D eigenvalue weighted by atomic mass is 10.1. The van der Waals surface area contributed by atoms with Crippen LogP contribution in [0.5, 0.6) is 0 Å². The Hall–Kier alpha value is -1.01. The molecule has 5 nitrogen and oxygen atoms in total. The van der Waals surface area contributed by atoms with Gasteiger partial charge in [0.2, 0.25) is 0 Å². The van der Waals surface area contributed by atoms with Crippen LogP contribution in [-0.2, 0) is 15.9 Å². The molecule has 0 aliphatic heterocycles. The van der Waals surface area contributed by atoms with Crippen molar-refractivity contribution in [3.05, 3.63) is 33.8 Å². The molecular formula is C16H24Cl2N2O3. The number of nitrogens with zero attached hydrogens (tertiary/aromatic N) is 1. The number of carbonyl (C=O) groups is 1. The van der Waals surface area contributed by atoms with Crippen LogP contribution >= 0.6 is 23.2 Å². The van der Waals surface area contributed by atoms with Crippen LogP contribution in [0, 0.1) is 0 Å². The Morgan fingerprint density at radius 3 is 2.35 bits per heavy atom. The summed E-state index contributed by atoms with van der Waals surface area (Å²) < 4.78 is 10.1. The van der Waals surface area contributed by atoms with Crippen molar-refractivity contribution in [1.29, 1.82) is 0 Å². The fraction of sp³-hybridized carbons (Fsp3) is 0.562. The number of carbonyl (C=O) groups excluding carboxylic acids is 1. The fourth-order valence-electron chi connectivity index (χ4n) is 2.10. The van der Waals surface area contributed by atoms with Crippen LogP contribution in [0.4, 0.5) is 4.79 Å². The normalized spacial score (nSPS) is 10.6. The van der Waals surface area contributed by atoms with Crippen LogP contribution in [0.2, 0.25) is 10.0 Å². The third-order valence-corrected chi connectivity index (χ3v) is 3.68. The van der Waals surface area contributed by atoms with E-state index in [9.17, 15) is 4.79 Å². The minimum Gasteiger partial charge on any atom is -0.385 e. The molecule has 7 heteroatoms. The van der Waals surface area contributed by atoms with E-state index in [-0.39, 0.29) is 6.03 Å². The second-order valence-corrected chi connectivity index (χ2v) is 5.96. The predicted octanol–water partition coefficient (Wildman–Crippen LogP) is 3.23. The lowest BCUT2D eigenvalue weighted by Crippen LogP contribution is -2.43. The summed E-state index contributed by atoms with van der Waals surface area (Å²) in [6.45, 7) is 2.83. The second kappa shape index (κ2) is 11.5. The molecule has 0 spiro atoms. The molecule has 1 rings (SSSR count). The molecule has 0 bridgehead atoms. The maximum atomic E-state index is 12.2. The minimum absolute atomic E-state index is 0.105. The van der Waals surface area contributed by atoms with Crippen molar-refractivity contribution in [3.8, 4) is 0 Å². The summed E-state index contributed by atoms with van der Waals surface area (Å²) in [6.07, 6.45) is 1.46. The largest absolute Gasteiger partial charge is 0.385 e. The van der Waals surface area contributed by atoms with Gasteiger partial charge in [-0.3, -0.25) is 0 Å². The van der Waals surface area contributed by atoms with Gasteiger partial charge in [-0.1, -0.05) is 23.2 Å². The Morgan fingerprint density at radius 2 is 1.74 bits per heavy atom. The van der Waals surface area contributed by atoms with Crippen molar-refractivity contribution in [2.75, 3.05) is 47.1 Å². The number of halogens is 2. The highest BCUT2D eigenvalue weighted by atomic mass is 35.5. The molecule has 0 aliphatic carbocycles. The van der Waals surface area contributed by atoms with Crippen molar-refractivity contribution in [1.82, 2.24) is 10.2 Å². The van der Waals surface area contributed by atoms with E-state index in [0.29, 0.717) is 49.3 Å². The summed E-state index contributed by atoms with van der Waals surface area (Å²) in [7, 11) is 3.27. The van der Waals surface area contributed by atoms with Gasteiger partial charge >= 0.3 is 6.03 Å². The molecule has 0 aliphatic rings. The zero-order valence-corrected chi connectivity index (χ0v) is 15.1. The summed E-state index contributed by atoms with van der Waals surface area (Å²) in [5.41, 5.74) is 0.991. The molecule has 0 saturated heterocycles. The standard InChI is InChI=1S/C16H24Cl2N2O3/c1-22-8-3-6-20(7-9-23-2)16(21)19-5-4-13-10-14(17)12-15(18)11-13/h10-12H,3-9H2,1-2H3,(H,19,21). The number of nitrogens with one attached hydrogen (secondary N) is 1. The second-order valence-electron chi connectivity index (χ2n) is 5.09. The fourth-order valence-corrected chi connectivity index (χ4v) is 2.67. The van der Waals surface area contributed by atoms with E-state index in [1.165, 1.54) is 0 Å². The quantitative estimate of drug-likeness (QED) is 0.650. The number of benzene rings is 1. The van der Waals surface area contributed by atoms with E-state index in [0.717, 1.165) is 12.0 Å². The van der Waals surface area contributed by atoms with Gasteiger partial charge in [-0.25, -0.2) is 4.79 Å². The summed E-state index contributed by atoms with van der Waals surface area (Å²) in [5.74, 6) is 0. The molecule has 0 saturated carbocycles. The molecule has 0 unspecified atom stereocenters. The number of hydrogen-bond acceptors (Lipinski definition) is 3. The SMILES string of the molecule is COCCCN(CCOC)C(=O)NCCc1cc(Cl)cc(Cl)c1. The molecule has 23 heavy (non-hydrogen) atoms. The first-order valence-corrected chi connectivity index (χ1v) is 8.28. The molecule has 0 fully saturated rings. The lowest BCUT2D eigenvalue weighted by Gasteiger charge is -2.22. The summed E-state index contributed by atoms with van der Waals surface area (Å²) >= 11 is 11.9. The van der Waals surface area contributed by atoms with Crippen molar-refractivity contribution < 1.29 is 14.3 Å². The highest BCUT2D eigenvalue weighted by molar-refractivity contribution is 6.34. The van der Waals surface area contributed by atoms with Crippen molar-refractivity contribution in [2.45, 2.75) is 12.8 Å². The third kappa shape index (κ3) is 8.42. The maximum absolute atomic E-state index is 12.2. The molecule has 0 radical (unpaired) electrons. The highest BCUT2D eigenvalue weighted by Gasteiger charge is 2.12. The molecule has 1 aromatic carbocycles. The van der Waals surface area contributed by atoms with Crippen molar-refractivity contribution >= 4 is 29.2 Å². The first-order chi connectivity index (χ1) is 11.1.